The van der Waals surface area contributed by atoms with Gasteiger partial charge in [0.05, 0.1) is 0 Å². The molecule has 0 amide bonds. The largest absolute Gasteiger partial charge is 0.311 e. The SMILES string of the molecule is CC[C@H]1CC[C@@H](NC2CC2)CC1(C)C. The summed E-state index contributed by atoms with van der Waals surface area (Å²) in [7, 11) is 0. The van der Waals surface area contributed by atoms with E-state index in [9.17, 15) is 0 Å². The zero-order chi connectivity index (χ0) is 10.2. The van der Waals surface area contributed by atoms with E-state index in [0.29, 0.717) is 5.41 Å². The first-order valence-electron chi connectivity index (χ1n) is 6.38. The molecule has 0 heterocycles. The summed E-state index contributed by atoms with van der Waals surface area (Å²) in [5.41, 5.74) is 0.569. The molecule has 0 aromatic carbocycles. The quantitative estimate of drug-likeness (QED) is 0.728. The minimum absolute atomic E-state index is 0.569. The first-order chi connectivity index (χ1) is 6.62. The Morgan fingerprint density at radius 1 is 1.07 bits per heavy atom. The minimum atomic E-state index is 0.569. The average molecular weight is 195 g/mol. The Morgan fingerprint density at radius 2 is 1.71 bits per heavy atom. The lowest BCUT2D eigenvalue weighted by molar-refractivity contribution is 0.106. The van der Waals surface area contributed by atoms with Gasteiger partial charge in [0.1, 0.15) is 0 Å². The van der Waals surface area contributed by atoms with Crippen LogP contribution in [-0.4, -0.2) is 12.1 Å². The average Bonchev–Trinajstić information content (AvgIpc) is 2.87. The summed E-state index contributed by atoms with van der Waals surface area (Å²) in [6, 6.07) is 1.70. The van der Waals surface area contributed by atoms with Gasteiger partial charge in [-0.1, -0.05) is 27.2 Å². The van der Waals surface area contributed by atoms with Crippen LogP contribution in [-0.2, 0) is 0 Å². The second-order valence-corrected chi connectivity index (χ2v) is 6.01. The summed E-state index contributed by atoms with van der Waals surface area (Å²) in [5.74, 6) is 0.958. The van der Waals surface area contributed by atoms with Gasteiger partial charge < -0.3 is 5.32 Å². The van der Waals surface area contributed by atoms with Gasteiger partial charge in [-0.25, -0.2) is 0 Å². The first-order valence-corrected chi connectivity index (χ1v) is 6.38. The third kappa shape index (κ3) is 2.31. The van der Waals surface area contributed by atoms with Crippen LogP contribution >= 0.6 is 0 Å². The Kier molecular flexibility index (Phi) is 2.88. The molecular formula is C13H25N. The molecule has 0 aliphatic heterocycles. The van der Waals surface area contributed by atoms with Crippen molar-refractivity contribution in [1.29, 1.82) is 0 Å². The van der Waals surface area contributed by atoms with Crippen LogP contribution in [0.25, 0.3) is 0 Å². The van der Waals surface area contributed by atoms with Crippen LogP contribution < -0.4 is 5.32 Å². The molecule has 2 atom stereocenters. The van der Waals surface area contributed by atoms with Crippen LogP contribution in [0.2, 0.25) is 0 Å². The van der Waals surface area contributed by atoms with Crippen molar-refractivity contribution in [3.05, 3.63) is 0 Å². The maximum Gasteiger partial charge on any atom is 0.00749 e. The molecule has 2 aliphatic rings. The van der Waals surface area contributed by atoms with Gasteiger partial charge in [0.25, 0.3) is 0 Å². The van der Waals surface area contributed by atoms with Gasteiger partial charge in [-0.15, -0.1) is 0 Å². The van der Waals surface area contributed by atoms with Crippen LogP contribution in [0.1, 0.15) is 59.3 Å². The van der Waals surface area contributed by atoms with Crippen molar-refractivity contribution in [2.24, 2.45) is 11.3 Å². The highest BCUT2D eigenvalue weighted by Gasteiger charge is 2.37. The zero-order valence-electron chi connectivity index (χ0n) is 9.97. The predicted molar refractivity (Wildman–Crippen MR) is 61.4 cm³/mol. The van der Waals surface area contributed by atoms with Gasteiger partial charge in [0.2, 0.25) is 0 Å². The molecule has 2 saturated carbocycles. The van der Waals surface area contributed by atoms with E-state index in [4.69, 9.17) is 0 Å². The Morgan fingerprint density at radius 3 is 2.21 bits per heavy atom. The van der Waals surface area contributed by atoms with Crippen molar-refractivity contribution in [2.45, 2.75) is 71.4 Å². The van der Waals surface area contributed by atoms with Crippen molar-refractivity contribution in [3.8, 4) is 0 Å². The van der Waals surface area contributed by atoms with E-state index in [-0.39, 0.29) is 0 Å². The molecule has 0 aromatic heterocycles. The van der Waals surface area contributed by atoms with Gasteiger partial charge in [-0.2, -0.15) is 0 Å². The molecule has 1 nitrogen and oxygen atoms in total. The molecule has 0 spiro atoms. The lowest BCUT2D eigenvalue weighted by Crippen LogP contribution is -2.42. The molecule has 82 valence electrons. The van der Waals surface area contributed by atoms with Crippen molar-refractivity contribution >= 4 is 0 Å². The Balaban J connectivity index is 1.87. The lowest BCUT2D eigenvalue weighted by Gasteiger charge is -2.42. The van der Waals surface area contributed by atoms with Gasteiger partial charge in [0.15, 0.2) is 0 Å². The van der Waals surface area contributed by atoms with Crippen LogP contribution in [0.5, 0.6) is 0 Å². The van der Waals surface area contributed by atoms with Gasteiger partial charge in [0, 0.05) is 12.1 Å². The third-order valence-electron chi connectivity index (χ3n) is 4.28. The summed E-state index contributed by atoms with van der Waals surface area (Å²) in [5, 5.41) is 3.79. The Bertz CT molecular complexity index is 193. The fourth-order valence-corrected chi connectivity index (χ4v) is 3.18. The smallest absolute Gasteiger partial charge is 0.00749 e. The molecule has 2 fully saturated rings. The van der Waals surface area contributed by atoms with Gasteiger partial charge in [-0.3, -0.25) is 0 Å². The van der Waals surface area contributed by atoms with Crippen molar-refractivity contribution in [3.63, 3.8) is 0 Å². The van der Waals surface area contributed by atoms with Crippen LogP contribution in [0.15, 0.2) is 0 Å². The number of hydrogen-bond donors (Lipinski definition) is 1. The number of nitrogens with one attached hydrogen (secondary N) is 1. The molecule has 0 aromatic rings. The fourth-order valence-electron chi connectivity index (χ4n) is 3.18. The summed E-state index contributed by atoms with van der Waals surface area (Å²) < 4.78 is 0. The van der Waals surface area contributed by atoms with Crippen molar-refractivity contribution in [1.82, 2.24) is 5.32 Å². The molecule has 0 radical (unpaired) electrons. The van der Waals surface area contributed by atoms with E-state index in [2.05, 4.69) is 26.1 Å². The highest BCUT2D eigenvalue weighted by atomic mass is 15.0. The van der Waals surface area contributed by atoms with Crippen molar-refractivity contribution < 1.29 is 0 Å². The molecule has 0 bridgehead atoms. The fraction of sp³-hybridized carbons (Fsp3) is 1.00. The highest BCUT2D eigenvalue weighted by molar-refractivity contribution is 4.92. The topological polar surface area (TPSA) is 12.0 Å². The first kappa shape index (κ1) is 10.5. The molecule has 14 heavy (non-hydrogen) atoms. The van der Waals surface area contributed by atoms with E-state index in [1.54, 1.807) is 0 Å². The normalized spacial score (nSPS) is 37.1. The number of rotatable bonds is 3. The second-order valence-electron chi connectivity index (χ2n) is 6.01. The van der Waals surface area contributed by atoms with Crippen LogP contribution in [0.3, 0.4) is 0 Å². The van der Waals surface area contributed by atoms with E-state index in [0.717, 1.165) is 18.0 Å². The second kappa shape index (κ2) is 3.84. The summed E-state index contributed by atoms with van der Waals surface area (Å²) in [4.78, 5) is 0. The highest BCUT2D eigenvalue weighted by Crippen LogP contribution is 2.42. The minimum Gasteiger partial charge on any atom is -0.311 e. The Labute approximate surface area is 88.7 Å². The third-order valence-corrected chi connectivity index (χ3v) is 4.28. The van der Waals surface area contributed by atoms with Gasteiger partial charge >= 0.3 is 0 Å². The lowest BCUT2D eigenvalue weighted by atomic mass is 9.66. The van der Waals surface area contributed by atoms with Gasteiger partial charge in [-0.05, 0) is 43.4 Å². The maximum atomic E-state index is 3.79. The number of hydrogen-bond acceptors (Lipinski definition) is 1. The zero-order valence-corrected chi connectivity index (χ0v) is 9.97. The molecule has 0 saturated heterocycles. The molecule has 1 N–H and O–H groups in total. The van der Waals surface area contributed by atoms with E-state index < -0.39 is 0 Å². The maximum absolute atomic E-state index is 3.79. The monoisotopic (exact) mass is 195 g/mol. The van der Waals surface area contributed by atoms with Crippen LogP contribution in [0, 0.1) is 11.3 Å². The van der Waals surface area contributed by atoms with Crippen LogP contribution in [0.4, 0.5) is 0 Å². The molecular weight excluding hydrogens is 170 g/mol. The molecule has 2 rings (SSSR count). The Hall–Kier alpha value is -0.0400. The molecule has 0 unspecified atom stereocenters. The summed E-state index contributed by atoms with van der Waals surface area (Å²) in [6.07, 6.45) is 8.46. The van der Waals surface area contributed by atoms with E-state index in [1.807, 2.05) is 0 Å². The van der Waals surface area contributed by atoms with Crippen molar-refractivity contribution in [2.75, 3.05) is 0 Å². The molecule has 2 aliphatic carbocycles. The van der Waals surface area contributed by atoms with E-state index >= 15 is 0 Å². The summed E-state index contributed by atoms with van der Waals surface area (Å²) in [6.45, 7) is 7.27. The predicted octanol–water partition coefficient (Wildman–Crippen LogP) is 3.34. The summed E-state index contributed by atoms with van der Waals surface area (Å²) >= 11 is 0. The standard InChI is InChI=1S/C13H25N/c1-4-10-5-6-12(9-13(10,2)3)14-11-7-8-11/h10-12,14H,4-9H2,1-3H3/t10-,12+/m0/s1. The van der Waals surface area contributed by atoms with E-state index in [1.165, 1.54) is 38.5 Å². The molecule has 1 heteroatoms.